The molecule has 0 aliphatic carbocycles. The molecule has 112 valence electrons. The van der Waals surface area contributed by atoms with Gasteiger partial charge in [-0.05, 0) is 19.3 Å². The minimum atomic E-state index is -0.168. The van der Waals surface area contributed by atoms with Crippen LogP contribution in [-0.4, -0.2) is 34.4 Å². The van der Waals surface area contributed by atoms with E-state index in [2.05, 4.69) is 48.2 Å². The fraction of sp³-hybridized carbons (Fsp3) is 0.471. The summed E-state index contributed by atoms with van der Waals surface area (Å²) in [4.78, 5) is 2.32. The van der Waals surface area contributed by atoms with Crippen molar-refractivity contribution in [1.82, 2.24) is 10.1 Å². The van der Waals surface area contributed by atoms with Gasteiger partial charge in [-0.25, -0.2) is 0 Å². The van der Waals surface area contributed by atoms with Crippen LogP contribution in [-0.2, 0) is 6.54 Å². The molecule has 3 rings (SSSR count). The zero-order chi connectivity index (χ0) is 14.8. The lowest BCUT2D eigenvalue weighted by molar-refractivity contribution is 0.0289. The smallest absolute Gasteiger partial charge is 0.151 e. The van der Waals surface area contributed by atoms with Gasteiger partial charge >= 0.3 is 0 Å². The molecule has 2 atom stereocenters. The van der Waals surface area contributed by atoms with Crippen molar-refractivity contribution < 1.29 is 9.63 Å². The van der Waals surface area contributed by atoms with E-state index in [1.165, 1.54) is 5.56 Å². The van der Waals surface area contributed by atoms with Crippen LogP contribution >= 0.6 is 0 Å². The topological polar surface area (TPSA) is 49.5 Å². The van der Waals surface area contributed by atoms with Gasteiger partial charge in [0.15, 0.2) is 5.76 Å². The number of likely N-dealkylation sites (tertiary alicyclic amines) is 1. The van der Waals surface area contributed by atoms with Crippen LogP contribution in [0.3, 0.4) is 0 Å². The monoisotopic (exact) mass is 286 g/mol. The maximum atomic E-state index is 9.77. The lowest BCUT2D eigenvalue weighted by Crippen LogP contribution is -2.41. The van der Waals surface area contributed by atoms with Crippen LogP contribution < -0.4 is 0 Å². The van der Waals surface area contributed by atoms with Gasteiger partial charge in [0.1, 0.15) is 5.69 Å². The van der Waals surface area contributed by atoms with Crippen molar-refractivity contribution in [2.24, 2.45) is 5.92 Å². The summed E-state index contributed by atoms with van der Waals surface area (Å²) < 4.78 is 5.46. The van der Waals surface area contributed by atoms with E-state index in [1.807, 2.05) is 6.07 Å². The van der Waals surface area contributed by atoms with Gasteiger partial charge in [-0.1, -0.05) is 41.9 Å². The first-order chi connectivity index (χ1) is 10.1. The molecule has 1 aromatic heterocycles. The lowest BCUT2D eigenvalue weighted by atomic mass is 9.97. The number of aliphatic hydroxyl groups excluding tert-OH is 1. The minimum absolute atomic E-state index is 0.168. The largest absolute Gasteiger partial charge is 0.393 e. The fourth-order valence-electron chi connectivity index (χ4n) is 2.83. The van der Waals surface area contributed by atoms with Crippen molar-refractivity contribution in [3.8, 4) is 11.3 Å². The third kappa shape index (κ3) is 3.34. The average Bonchev–Trinajstić information content (AvgIpc) is 2.92. The predicted molar refractivity (Wildman–Crippen MR) is 81.7 cm³/mol. The Bertz CT molecular complexity index is 591. The van der Waals surface area contributed by atoms with Crippen molar-refractivity contribution in [2.45, 2.75) is 32.9 Å². The Morgan fingerprint density at radius 1 is 1.33 bits per heavy atom. The number of aromatic nitrogens is 1. The third-order valence-corrected chi connectivity index (χ3v) is 4.23. The zero-order valence-electron chi connectivity index (χ0n) is 12.6. The molecule has 0 bridgehead atoms. The van der Waals surface area contributed by atoms with Crippen molar-refractivity contribution in [2.75, 3.05) is 13.1 Å². The van der Waals surface area contributed by atoms with Gasteiger partial charge in [0.25, 0.3) is 0 Å². The number of nitrogens with zero attached hydrogens (tertiary/aromatic N) is 2. The summed E-state index contributed by atoms with van der Waals surface area (Å²) in [6.07, 6.45) is 0.666. The van der Waals surface area contributed by atoms with E-state index < -0.39 is 0 Å². The number of aryl methyl sites for hydroxylation is 1. The maximum Gasteiger partial charge on any atom is 0.151 e. The van der Waals surface area contributed by atoms with Crippen molar-refractivity contribution in [3.63, 3.8) is 0 Å². The van der Waals surface area contributed by atoms with Crippen molar-refractivity contribution in [1.29, 1.82) is 0 Å². The number of aliphatic hydroxyl groups is 1. The van der Waals surface area contributed by atoms with E-state index in [9.17, 15) is 5.11 Å². The molecule has 4 nitrogen and oxygen atoms in total. The zero-order valence-corrected chi connectivity index (χ0v) is 12.6. The third-order valence-electron chi connectivity index (χ3n) is 4.23. The summed E-state index contributed by atoms with van der Waals surface area (Å²) in [5, 5.41) is 13.9. The second-order valence-corrected chi connectivity index (χ2v) is 6.11. The summed E-state index contributed by atoms with van der Waals surface area (Å²) in [5.74, 6) is 1.20. The lowest BCUT2D eigenvalue weighted by Gasteiger charge is -2.33. The number of rotatable bonds is 3. The molecule has 21 heavy (non-hydrogen) atoms. The molecule has 2 heterocycles. The minimum Gasteiger partial charge on any atom is -0.393 e. The molecule has 1 saturated heterocycles. The second kappa shape index (κ2) is 6.00. The van der Waals surface area contributed by atoms with Crippen LogP contribution in [0, 0.1) is 12.8 Å². The van der Waals surface area contributed by atoms with Crippen LogP contribution in [0.4, 0.5) is 0 Å². The molecule has 2 aromatic rings. The first-order valence-corrected chi connectivity index (χ1v) is 7.55. The number of piperidine rings is 1. The summed E-state index contributed by atoms with van der Waals surface area (Å²) >= 11 is 0. The highest BCUT2D eigenvalue weighted by atomic mass is 16.5. The molecule has 1 aromatic carbocycles. The SMILES string of the molecule is Cc1ccc(-c2cc(CN3CCC(O)C(C)C3)on2)cc1. The second-order valence-electron chi connectivity index (χ2n) is 6.11. The Hall–Kier alpha value is -1.65. The molecular formula is C17H22N2O2. The molecule has 2 unspecified atom stereocenters. The Balaban J connectivity index is 1.66. The summed E-state index contributed by atoms with van der Waals surface area (Å²) in [6, 6.07) is 10.3. The van der Waals surface area contributed by atoms with E-state index in [0.29, 0.717) is 5.92 Å². The molecule has 0 spiro atoms. The Kier molecular flexibility index (Phi) is 4.08. The average molecular weight is 286 g/mol. The standard InChI is InChI=1S/C17H22N2O2/c1-12-3-5-14(6-4-12)16-9-15(21-18-16)11-19-8-7-17(20)13(2)10-19/h3-6,9,13,17,20H,7-8,10-11H2,1-2H3. The first kappa shape index (κ1) is 14.3. The highest BCUT2D eigenvalue weighted by molar-refractivity contribution is 5.59. The van der Waals surface area contributed by atoms with E-state index in [1.54, 1.807) is 0 Å². The summed E-state index contributed by atoms with van der Waals surface area (Å²) in [6.45, 7) is 6.74. The molecular weight excluding hydrogens is 264 g/mol. The van der Waals surface area contributed by atoms with E-state index >= 15 is 0 Å². The van der Waals surface area contributed by atoms with Crippen molar-refractivity contribution >= 4 is 0 Å². The molecule has 1 fully saturated rings. The van der Waals surface area contributed by atoms with Crippen LogP contribution in [0.25, 0.3) is 11.3 Å². The summed E-state index contributed by atoms with van der Waals surface area (Å²) in [5.41, 5.74) is 3.21. The van der Waals surface area contributed by atoms with E-state index in [4.69, 9.17) is 4.52 Å². The van der Waals surface area contributed by atoms with Gasteiger partial charge < -0.3 is 9.63 Å². The normalized spacial score (nSPS) is 23.4. The van der Waals surface area contributed by atoms with E-state index in [-0.39, 0.29) is 6.10 Å². The van der Waals surface area contributed by atoms with Crippen molar-refractivity contribution in [3.05, 3.63) is 41.7 Å². The first-order valence-electron chi connectivity index (χ1n) is 7.55. The van der Waals surface area contributed by atoms with Gasteiger partial charge in [0.2, 0.25) is 0 Å². The Labute approximate surface area is 125 Å². The van der Waals surface area contributed by atoms with Gasteiger partial charge in [0.05, 0.1) is 12.6 Å². The molecule has 1 aliphatic heterocycles. The van der Waals surface area contributed by atoms with Gasteiger partial charge in [-0.15, -0.1) is 0 Å². The van der Waals surface area contributed by atoms with Crippen LogP contribution in [0.2, 0.25) is 0 Å². The quantitative estimate of drug-likeness (QED) is 0.942. The molecule has 0 amide bonds. The number of hydrogen-bond donors (Lipinski definition) is 1. The van der Waals surface area contributed by atoms with Crippen LogP contribution in [0.1, 0.15) is 24.7 Å². The Morgan fingerprint density at radius 2 is 2.10 bits per heavy atom. The molecule has 1 aliphatic rings. The van der Waals surface area contributed by atoms with Crippen LogP contribution in [0.5, 0.6) is 0 Å². The molecule has 0 radical (unpaired) electrons. The van der Waals surface area contributed by atoms with Gasteiger partial charge in [-0.3, -0.25) is 4.90 Å². The van der Waals surface area contributed by atoms with Crippen LogP contribution in [0.15, 0.2) is 34.9 Å². The van der Waals surface area contributed by atoms with Gasteiger partial charge in [0, 0.05) is 24.7 Å². The highest BCUT2D eigenvalue weighted by Gasteiger charge is 2.24. The maximum absolute atomic E-state index is 9.77. The molecule has 0 saturated carbocycles. The Morgan fingerprint density at radius 3 is 2.81 bits per heavy atom. The summed E-state index contributed by atoms with van der Waals surface area (Å²) in [7, 11) is 0. The number of benzene rings is 1. The molecule has 4 heteroatoms. The molecule has 1 N–H and O–H groups in total. The number of hydrogen-bond acceptors (Lipinski definition) is 4. The van der Waals surface area contributed by atoms with E-state index in [0.717, 1.165) is 43.1 Å². The van der Waals surface area contributed by atoms with Gasteiger partial charge in [-0.2, -0.15) is 0 Å². The highest BCUT2D eigenvalue weighted by Crippen LogP contribution is 2.22. The fourth-order valence-corrected chi connectivity index (χ4v) is 2.83. The predicted octanol–water partition coefficient (Wildman–Crippen LogP) is 2.85.